The third-order valence-electron chi connectivity index (χ3n) is 4.67. The number of halogens is 1. The van der Waals surface area contributed by atoms with E-state index in [-0.39, 0.29) is 12.3 Å². The van der Waals surface area contributed by atoms with Gasteiger partial charge in [-0.3, -0.25) is 14.5 Å². The van der Waals surface area contributed by atoms with Crippen molar-refractivity contribution in [2.75, 3.05) is 6.54 Å². The lowest BCUT2D eigenvalue weighted by atomic mass is 9.92. The molecule has 1 N–H and O–H groups in total. The highest BCUT2D eigenvalue weighted by Gasteiger charge is 2.50. The first-order chi connectivity index (χ1) is 12.4. The van der Waals surface area contributed by atoms with Crippen molar-refractivity contribution in [3.63, 3.8) is 0 Å². The van der Waals surface area contributed by atoms with Gasteiger partial charge in [-0.05, 0) is 25.0 Å². The molecule has 3 rings (SSSR count). The number of carbonyl (C=O) groups excluding carboxylic acids is 3. The molecule has 0 aliphatic carbocycles. The zero-order valence-electron chi connectivity index (χ0n) is 14.6. The number of aryl methyl sites for hydroxylation is 1. The Morgan fingerprint density at radius 3 is 2.38 bits per heavy atom. The van der Waals surface area contributed by atoms with Crippen LogP contribution in [0.4, 0.5) is 4.79 Å². The summed E-state index contributed by atoms with van der Waals surface area (Å²) in [5.41, 5.74) is 0.793. The monoisotopic (exact) mass is 370 g/mol. The van der Waals surface area contributed by atoms with E-state index in [0.29, 0.717) is 16.1 Å². The maximum atomic E-state index is 12.9. The number of nitrogens with one attached hydrogen (secondary N) is 1. The molecule has 1 heterocycles. The Morgan fingerprint density at radius 2 is 1.77 bits per heavy atom. The van der Waals surface area contributed by atoms with Crippen LogP contribution in [0.5, 0.6) is 0 Å². The molecule has 1 saturated heterocycles. The predicted octanol–water partition coefficient (Wildman–Crippen LogP) is 3.55. The zero-order valence-corrected chi connectivity index (χ0v) is 15.3. The lowest BCUT2D eigenvalue weighted by Gasteiger charge is -2.23. The minimum Gasteiger partial charge on any atom is -0.319 e. The van der Waals surface area contributed by atoms with Crippen molar-refractivity contribution in [1.82, 2.24) is 10.2 Å². The summed E-state index contributed by atoms with van der Waals surface area (Å²) in [7, 11) is 0. The molecule has 26 heavy (non-hydrogen) atoms. The summed E-state index contributed by atoms with van der Waals surface area (Å²) in [6.07, 6.45) is 0.873. The van der Waals surface area contributed by atoms with Gasteiger partial charge in [-0.2, -0.15) is 0 Å². The molecule has 0 radical (unpaired) electrons. The van der Waals surface area contributed by atoms with E-state index in [2.05, 4.69) is 5.32 Å². The van der Waals surface area contributed by atoms with Crippen LogP contribution in [0.1, 0.15) is 35.3 Å². The summed E-state index contributed by atoms with van der Waals surface area (Å²) in [6, 6.07) is 13.4. The predicted molar refractivity (Wildman–Crippen MR) is 99.2 cm³/mol. The molecule has 0 aromatic heterocycles. The van der Waals surface area contributed by atoms with Gasteiger partial charge >= 0.3 is 6.03 Å². The second-order valence-electron chi connectivity index (χ2n) is 6.40. The number of amides is 3. The van der Waals surface area contributed by atoms with Gasteiger partial charge in [0.1, 0.15) is 5.54 Å². The van der Waals surface area contributed by atoms with Gasteiger partial charge in [0.15, 0.2) is 5.78 Å². The van der Waals surface area contributed by atoms with Gasteiger partial charge in [0, 0.05) is 16.1 Å². The van der Waals surface area contributed by atoms with Gasteiger partial charge in [0.25, 0.3) is 5.91 Å². The maximum Gasteiger partial charge on any atom is 0.325 e. The summed E-state index contributed by atoms with van der Waals surface area (Å²) >= 11 is 6.20. The van der Waals surface area contributed by atoms with Crippen LogP contribution in [0.2, 0.25) is 5.02 Å². The normalized spacial score (nSPS) is 19.6. The van der Waals surface area contributed by atoms with Gasteiger partial charge in [-0.15, -0.1) is 0 Å². The molecule has 1 aliphatic heterocycles. The summed E-state index contributed by atoms with van der Waals surface area (Å²) in [5, 5.41) is 3.04. The Kier molecular flexibility index (Phi) is 4.83. The van der Waals surface area contributed by atoms with Crippen LogP contribution >= 0.6 is 11.6 Å². The number of imide groups is 1. The number of benzene rings is 2. The summed E-state index contributed by atoms with van der Waals surface area (Å²) in [6.45, 7) is 3.31. The zero-order chi connectivity index (χ0) is 18.9. The molecule has 2 aromatic carbocycles. The van der Waals surface area contributed by atoms with E-state index in [1.165, 1.54) is 0 Å². The average Bonchev–Trinajstić information content (AvgIpc) is 2.86. The Hall–Kier alpha value is -2.66. The van der Waals surface area contributed by atoms with Crippen molar-refractivity contribution in [3.8, 4) is 0 Å². The summed E-state index contributed by atoms with van der Waals surface area (Å²) in [5.74, 6) is -0.784. The van der Waals surface area contributed by atoms with Crippen LogP contribution in [0.3, 0.4) is 0 Å². The van der Waals surface area contributed by atoms with Crippen molar-refractivity contribution in [1.29, 1.82) is 0 Å². The van der Waals surface area contributed by atoms with Gasteiger partial charge < -0.3 is 5.32 Å². The van der Waals surface area contributed by atoms with E-state index in [0.717, 1.165) is 16.9 Å². The molecule has 1 fully saturated rings. The highest BCUT2D eigenvalue weighted by atomic mass is 35.5. The van der Waals surface area contributed by atoms with Crippen molar-refractivity contribution in [2.45, 2.75) is 25.8 Å². The van der Waals surface area contributed by atoms with Crippen molar-refractivity contribution in [2.24, 2.45) is 0 Å². The first-order valence-electron chi connectivity index (χ1n) is 8.38. The molecule has 134 valence electrons. The second-order valence-corrected chi connectivity index (χ2v) is 6.81. The molecular weight excluding hydrogens is 352 g/mol. The van der Waals surface area contributed by atoms with E-state index in [4.69, 9.17) is 11.6 Å². The van der Waals surface area contributed by atoms with E-state index >= 15 is 0 Å². The molecule has 6 heteroatoms. The smallest absolute Gasteiger partial charge is 0.319 e. The van der Waals surface area contributed by atoms with Crippen LogP contribution < -0.4 is 5.32 Å². The number of ketones is 1. The number of carbonyl (C=O) groups is 3. The molecule has 0 spiro atoms. The van der Waals surface area contributed by atoms with E-state index in [1.807, 2.05) is 19.1 Å². The number of hydrogen-bond acceptors (Lipinski definition) is 3. The third kappa shape index (κ3) is 3.10. The van der Waals surface area contributed by atoms with Crippen LogP contribution in [0, 0.1) is 0 Å². The van der Waals surface area contributed by atoms with Crippen molar-refractivity contribution >= 4 is 29.3 Å². The molecule has 5 nitrogen and oxygen atoms in total. The van der Waals surface area contributed by atoms with Gasteiger partial charge in [-0.25, -0.2) is 4.79 Å². The van der Waals surface area contributed by atoms with Crippen molar-refractivity contribution < 1.29 is 14.4 Å². The Bertz CT molecular complexity index is 879. The number of hydrogen-bond donors (Lipinski definition) is 1. The number of rotatable bonds is 5. The number of Topliss-reactive ketones (excluding diaryl/α,β-unsaturated/α-hetero) is 1. The average molecular weight is 371 g/mol. The molecule has 1 atom stereocenters. The van der Waals surface area contributed by atoms with E-state index in [1.54, 1.807) is 43.3 Å². The van der Waals surface area contributed by atoms with Crippen LogP contribution in [0.25, 0.3) is 0 Å². The van der Waals surface area contributed by atoms with Crippen molar-refractivity contribution in [3.05, 3.63) is 70.2 Å². The second kappa shape index (κ2) is 6.92. The summed E-state index contributed by atoms with van der Waals surface area (Å²) < 4.78 is 0. The van der Waals surface area contributed by atoms with Crippen LogP contribution in [-0.2, 0) is 16.8 Å². The quantitative estimate of drug-likeness (QED) is 0.646. The fourth-order valence-electron chi connectivity index (χ4n) is 3.05. The number of nitrogens with zero attached hydrogens (tertiary/aromatic N) is 1. The number of urea groups is 1. The maximum absolute atomic E-state index is 12.9. The summed E-state index contributed by atoms with van der Waals surface area (Å²) in [4.78, 5) is 38.7. The molecule has 1 unspecified atom stereocenters. The lowest BCUT2D eigenvalue weighted by Crippen LogP contribution is -2.41. The van der Waals surface area contributed by atoms with Gasteiger partial charge in [-0.1, -0.05) is 61.0 Å². The largest absolute Gasteiger partial charge is 0.325 e. The third-order valence-corrected chi connectivity index (χ3v) is 5.00. The minimum atomic E-state index is -1.29. The lowest BCUT2D eigenvalue weighted by molar-refractivity contribution is -0.130. The first-order valence-corrected chi connectivity index (χ1v) is 8.76. The molecule has 2 aromatic rings. The van der Waals surface area contributed by atoms with Crippen LogP contribution in [0.15, 0.2) is 48.5 Å². The molecular formula is C20H19ClN2O3. The van der Waals surface area contributed by atoms with E-state index < -0.39 is 17.5 Å². The topological polar surface area (TPSA) is 66.5 Å². The first kappa shape index (κ1) is 18.1. The molecule has 1 aliphatic rings. The fourth-order valence-corrected chi connectivity index (χ4v) is 3.38. The van der Waals surface area contributed by atoms with Gasteiger partial charge in [0.2, 0.25) is 0 Å². The molecule has 0 saturated carbocycles. The standard InChI is InChI=1S/C20H19ClN2O3/c1-3-13-8-10-14(11-9-13)17(24)12-23-18(25)20(2,22-19(23)26)15-6-4-5-7-16(15)21/h4-11H,3,12H2,1-2H3,(H,22,26). The molecule has 0 bridgehead atoms. The SMILES string of the molecule is CCc1ccc(C(=O)CN2C(=O)NC(C)(c3ccccc3Cl)C2=O)cc1. The highest BCUT2D eigenvalue weighted by Crippen LogP contribution is 2.33. The van der Waals surface area contributed by atoms with E-state index in [9.17, 15) is 14.4 Å². The fraction of sp³-hybridized carbons (Fsp3) is 0.250. The Balaban J connectivity index is 1.83. The minimum absolute atomic E-state index is 0.292. The highest BCUT2D eigenvalue weighted by molar-refractivity contribution is 6.32. The molecule has 3 amide bonds. The van der Waals surface area contributed by atoms with Crippen LogP contribution in [-0.4, -0.2) is 29.2 Å². The Morgan fingerprint density at radius 1 is 1.12 bits per heavy atom. The Labute approximate surface area is 156 Å². The van der Waals surface area contributed by atoms with Gasteiger partial charge in [0.05, 0.1) is 6.54 Å².